The van der Waals surface area contributed by atoms with Gasteiger partial charge in [-0.1, -0.05) is 16.7 Å². The second-order valence-corrected chi connectivity index (χ2v) is 3.56. The van der Waals surface area contributed by atoms with Crippen LogP contribution in [0.5, 0.6) is 0 Å². The van der Waals surface area contributed by atoms with Crippen molar-refractivity contribution in [1.29, 1.82) is 0 Å². The molecule has 1 aromatic carbocycles. The largest absolute Gasteiger partial charge is 0.407 e. The molecule has 7 heteroatoms. The maximum Gasteiger partial charge on any atom is 0.320 e. The second kappa shape index (κ2) is 4.67. The van der Waals surface area contributed by atoms with Gasteiger partial charge in [0.15, 0.2) is 0 Å². The molecule has 0 aliphatic heterocycles. The first-order chi connectivity index (χ1) is 7.69. The highest BCUT2D eigenvalue weighted by atomic mass is 35.5. The lowest BCUT2D eigenvalue weighted by Crippen LogP contribution is -1.91. The Morgan fingerprint density at radius 3 is 2.81 bits per heavy atom. The van der Waals surface area contributed by atoms with Crippen molar-refractivity contribution in [2.75, 3.05) is 5.32 Å². The Kier molecular flexibility index (Phi) is 3.26. The number of nitrogens with one attached hydrogen (secondary N) is 1. The first-order valence-electron chi connectivity index (χ1n) is 4.29. The summed E-state index contributed by atoms with van der Waals surface area (Å²) >= 11 is 11.3. The molecule has 4 nitrogen and oxygen atoms in total. The fraction of sp³-hybridized carbons (Fsp3) is 0.111. The van der Waals surface area contributed by atoms with E-state index in [1.165, 1.54) is 18.2 Å². The fourth-order valence-electron chi connectivity index (χ4n) is 1.06. The fourth-order valence-corrected chi connectivity index (χ4v) is 1.39. The summed E-state index contributed by atoms with van der Waals surface area (Å²) < 4.78 is 17.9. The zero-order chi connectivity index (χ0) is 11.5. The average molecular weight is 262 g/mol. The van der Waals surface area contributed by atoms with E-state index < -0.39 is 5.82 Å². The zero-order valence-corrected chi connectivity index (χ0v) is 9.39. The molecule has 0 aliphatic rings. The van der Waals surface area contributed by atoms with Crippen LogP contribution in [0.25, 0.3) is 0 Å². The van der Waals surface area contributed by atoms with Crippen LogP contribution in [0.15, 0.2) is 22.6 Å². The van der Waals surface area contributed by atoms with Gasteiger partial charge in [-0.25, -0.2) is 4.39 Å². The molecule has 16 heavy (non-hydrogen) atoms. The molecular formula is C9H6Cl2FN3O. The van der Waals surface area contributed by atoms with Crippen molar-refractivity contribution < 1.29 is 8.81 Å². The molecule has 0 saturated heterocycles. The second-order valence-electron chi connectivity index (χ2n) is 2.88. The molecule has 0 radical (unpaired) electrons. The maximum absolute atomic E-state index is 12.8. The van der Waals surface area contributed by atoms with Crippen molar-refractivity contribution >= 4 is 34.9 Å². The number of rotatable bonds is 3. The first kappa shape index (κ1) is 11.2. The van der Waals surface area contributed by atoms with Gasteiger partial charge in [0.05, 0.1) is 10.7 Å². The molecule has 2 aromatic rings. The highest BCUT2D eigenvalue weighted by Gasteiger charge is 2.07. The smallest absolute Gasteiger partial charge is 0.320 e. The summed E-state index contributed by atoms with van der Waals surface area (Å²) in [6.07, 6.45) is 0. The van der Waals surface area contributed by atoms with Gasteiger partial charge in [0.25, 0.3) is 0 Å². The number of aromatic nitrogens is 2. The third-order valence-electron chi connectivity index (χ3n) is 1.75. The molecule has 1 heterocycles. The van der Waals surface area contributed by atoms with Crippen LogP contribution in [0.2, 0.25) is 5.02 Å². The van der Waals surface area contributed by atoms with Gasteiger partial charge in [0, 0.05) is 0 Å². The number of halogens is 3. The minimum absolute atomic E-state index is 0.131. The topological polar surface area (TPSA) is 51.0 Å². The van der Waals surface area contributed by atoms with Crippen LogP contribution in [0, 0.1) is 5.82 Å². The molecule has 0 fully saturated rings. The molecule has 1 aromatic heterocycles. The summed E-state index contributed by atoms with van der Waals surface area (Å²) in [6.45, 7) is 0. The monoisotopic (exact) mass is 261 g/mol. The van der Waals surface area contributed by atoms with Crippen molar-refractivity contribution in [1.82, 2.24) is 10.2 Å². The van der Waals surface area contributed by atoms with Crippen LogP contribution >= 0.6 is 23.2 Å². The van der Waals surface area contributed by atoms with Crippen molar-refractivity contribution in [2.24, 2.45) is 0 Å². The van der Waals surface area contributed by atoms with Crippen molar-refractivity contribution in [3.63, 3.8) is 0 Å². The summed E-state index contributed by atoms with van der Waals surface area (Å²) in [4.78, 5) is 0. The Labute approximate surface area is 100 Å². The molecule has 0 saturated carbocycles. The van der Waals surface area contributed by atoms with Crippen LogP contribution in [-0.2, 0) is 5.88 Å². The van der Waals surface area contributed by atoms with Gasteiger partial charge < -0.3 is 9.73 Å². The predicted molar refractivity (Wildman–Crippen MR) is 58.5 cm³/mol. The minimum Gasteiger partial charge on any atom is -0.407 e. The van der Waals surface area contributed by atoms with E-state index in [9.17, 15) is 4.39 Å². The Morgan fingerprint density at radius 1 is 1.38 bits per heavy atom. The molecule has 0 atom stereocenters. The van der Waals surface area contributed by atoms with E-state index in [0.29, 0.717) is 11.6 Å². The van der Waals surface area contributed by atoms with E-state index >= 15 is 0 Å². The molecule has 84 valence electrons. The number of nitrogens with zero attached hydrogens (tertiary/aromatic N) is 2. The maximum atomic E-state index is 12.8. The predicted octanol–water partition coefficient (Wildman–Crippen LogP) is 3.34. The molecule has 0 spiro atoms. The highest BCUT2D eigenvalue weighted by molar-refractivity contribution is 6.33. The molecule has 1 N–H and O–H groups in total. The molecule has 0 amide bonds. The normalized spacial score (nSPS) is 10.4. The van der Waals surface area contributed by atoms with Crippen LogP contribution in [0.3, 0.4) is 0 Å². The quantitative estimate of drug-likeness (QED) is 0.862. The van der Waals surface area contributed by atoms with Crippen molar-refractivity contribution in [2.45, 2.75) is 5.88 Å². The van der Waals surface area contributed by atoms with Crippen molar-refractivity contribution in [3.05, 3.63) is 34.9 Å². The van der Waals surface area contributed by atoms with E-state index in [2.05, 4.69) is 15.5 Å². The summed E-state index contributed by atoms with van der Waals surface area (Å²) in [5.74, 6) is 0.0103. The first-order valence-corrected chi connectivity index (χ1v) is 5.20. The molecule has 2 rings (SSSR count). The number of benzene rings is 1. The van der Waals surface area contributed by atoms with E-state index in [-0.39, 0.29) is 16.9 Å². The number of alkyl halides is 1. The van der Waals surface area contributed by atoms with Gasteiger partial charge in [0.1, 0.15) is 11.7 Å². The van der Waals surface area contributed by atoms with Gasteiger partial charge in [-0.05, 0) is 18.2 Å². The van der Waals surface area contributed by atoms with Gasteiger partial charge in [0.2, 0.25) is 5.89 Å². The van der Waals surface area contributed by atoms with E-state index in [1.54, 1.807) is 0 Å². The Morgan fingerprint density at radius 2 is 2.19 bits per heavy atom. The summed E-state index contributed by atoms with van der Waals surface area (Å²) in [6, 6.07) is 4.09. The third-order valence-corrected chi connectivity index (χ3v) is 2.30. The summed E-state index contributed by atoms with van der Waals surface area (Å²) in [5.41, 5.74) is 0.479. The zero-order valence-electron chi connectivity index (χ0n) is 7.88. The lowest BCUT2D eigenvalue weighted by Gasteiger charge is -2.03. The standard InChI is InChI=1S/C9H6Cl2FN3O/c10-4-8-14-15-9(16-8)13-7-2-1-5(12)3-6(7)11/h1-3H,4H2,(H,13,15). The number of anilines is 2. The van der Waals surface area contributed by atoms with Gasteiger partial charge in [-0.2, -0.15) is 0 Å². The summed E-state index contributed by atoms with van der Waals surface area (Å²) in [5, 5.41) is 10.3. The van der Waals surface area contributed by atoms with Crippen LogP contribution < -0.4 is 5.32 Å². The van der Waals surface area contributed by atoms with E-state index in [0.717, 1.165) is 0 Å². The van der Waals surface area contributed by atoms with Gasteiger partial charge in [-0.3, -0.25) is 0 Å². The third kappa shape index (κ3) is 2.43. The average Bonchev–Trinajstić information content (AvgIpc) is 2.70. The van der Waals surface area contributed by atoms with Gasteiger partial charge in [-0.15, -0.1) is 16.7 Å². The molecular weight excluding hydrogens is 256 g/mol. The Bertz CT molecular complexity index is 503. The van der Waals surface area contributed by atoms with Crippen LogP contribution in [0.4, 0.5) is 16.1 Å². The van der Waals surface area contributed by atoms with Crippen molar-refractivity contribution in [3.8, 4) is 0 Å². The Hall–Kier alpha value is -1.33. The summed E-state index contributed by atoms with van der Waals surface area (Å²) in [7, 11) is 0. The highest BCUT2D eigenvalue weighted by Crippen LogP contribution is 2.25. The molecule has 0 bridgehead atoms. The number of hydrogen-bond acceptors (Lipinski definition) is 4. The van der Waals surface area contributed by atoms with Crippen LogP contribution in [-0.4, -0.2) is 10.2 Å². The molecule has 0 unspecified atom stereocenters. The number of hydrogen-bond donors (Lipinski definition) is 1. The van der Waals surface area contributed by atoms with Gasteiger partial charge >= 0.3 is 6.01 Å². The minimum atomic E-state index is -0.414. The van der Waals surface area contributed by atoms with E-state index in [4.69, 9.17) is 27.6 Å². The van der Waals surface area contributed by atoms with E-state index in [1.807, 2.05) is 0 Å². The molecule has 0 aliphatic carbocycles. The van der Waals surface area contributed by atoms with Crippen LogP contribution in [0.1, 0.15) is 5.89 Å². The SMILES string of the molecule is Fc1ccc(Nc2nnc(CCl)o2)c(Cl)c1. The lowest BCUT2D eigenvalue weighted by molar-refractivity contribution is 0.530. The lowest BCUT2D eigenvalue weighted by atomic mass is 10.3. The Balaban J connectivity index is 2.20.